The molecule has 0 spiro atoms. The second-order valence-corrected chi connectivity index (χ2v) is 3.55. The van der Waals surface area contributed by atoms with Gasteiger partial charge in [-0.25, -0.2) is 24.4 Å². The lowest BCUT2D eigenvalue weighted by atomic mass is 10.0. The summed E-state index contributed by atoms with van der Waals surface area (Å²) in [5.41, 5.74) is -1.31. The van der Waals surface area contributed by atoms with Gasteiger partial charge in [-0.3, -0.25) is 0 Å². The summed E-state index contributed by atoms with van der Waals surface area (Å²) in [6.07, 6.45) is 0.970. The van der Waals surface area contributed by atoms with Gasteiger partial charge in [0.05, 0.1) is 16.6 Å². The highest BCUT2D eigenvalue weighted by molar-refractivity contribution is 6.08. The molecule has 0 aliphatic carbocycles. The molecule has 3 N–H and O–H groups in total. The summed E-state index contributed by atoms with van der Waals surface area (Å²) in [6, 6.07) is 1.96. The van der Waals surface area contributed by atoms with Crippen molar-refractivity contribution in [3.63, 3.8) is 0 Å². The average Bonchev–Trinajstić information content (AvgIpc) is 2.35. The van der Waals surface area contributed by atoms with Gasteiger partial charge in [-0.15, -0.1) is 0 Å². The summed E-state index contributed by atoms with van der Waals surface area (Å²) < 4.78 is 0. The first kappa shape index (κ1) is 12.4. The topological polar surface area (TPSA) is 138 Å². The van der Waals surface area contributed by atoms with E-state index < -0.39 is 29.0 Å². The van der Waals surface area contributed by atoms with Crippen molar-refractivity contribution in [3.8, 4) is 0 Å². The van der Waals surface area contributed by atoms with Crippen molar-refractivity contribution in [2.24, 2.45) is 0 Å². The maximum atomic E-state index is 11.0. The molecule has 8 heteroatoms. The van der Waals surface area contributed by atoms with Crippen LogP contribution in [-0.2, 0) is 0 Å². The first-order chi connectivity index (χ1) is 8.91. The van der Waals surface area contributed by atoms with E-state index in [2.05, 4.69) is 9.97 Å². The Kier molecular flexibility index (Phi) is 2.83. The fourth-order valence-electron chi connectivity index (χ4n) is 1.63. The third-order valence-corrected chi connectivity index (χ3v) is 2.44. The molecule has 2 aromatic rings. The fraction of sp³-hybridized carbons (Fsp3) is 0. The number of aromatic carboxylic acids is 3. The lowest BCUT2D eigenvalue weighted by Gasteiger charge is -2.05. The van der Waals surface area contributed by atoms with Gasteiger partial charge in [-0.1, -0.05) is 0 Å². The van der Waals surface area contributed by atoms with Gasteiger partial charge in [0, 0.05) is 5.39 Å². The molecule has 0 bridgehead atoms. The second kappa shape index (κ2) is 4.33. The number of nitrogens with zero attached hydrogens (tertiary/aromatic N) is 2. The molecule has 8 nitrogen and oxygen atoms in total. The third-order valence-electron chi connectivity index (χ3n) is 2.44. The predicted molar refractivity (Wildman–Crippen MR) is 60.4 cm³/mol. The SMILES string of the molecule is O=C(O)c1cc2ncnc(C(=O)O)c2cc1C(=O)O. The Labute approximate surface area is 105 Å². The number of aromatic nitrogens is 2. The van der Waals surface area contributed by atoms with Crippen LogP contribution in [0.2, 0.25) is 0 Å². The van der Waals surface area contributed by atoms with Gasteiger partial charge < -0.3 is 15.3 Å². The molecule has 2 rings (SSSR count). The number of carbonyl (C=O) groups is 3. The van der Waals surface area contributed by atoms with Crippen LogP contribution in [0, 0.1) is 0 Å². The summed E-state index contributed by atoms with van der Waals surface area (Å²) in [4.78, 5) is 40.2. The van der Waals surface area contributed by atoms with Crippen LogP contribution in [0.3, 0.4) is 0 Å². The highest BCUT2D eigenvalue weighted by Gasteiger charge is 2.20. The molecule has 0 radical (unpaired) electrons. The average molecular weight is 262 g/mol. The van der Waals surface area contributed by atoms with Crippen LogP contribution in [0.4, 0.5) is 0 Å². The number of carboxylic acids is 3. The van der Waals surface area contributed by atoms with Crippen LogP contribution in [0.5, 0.6) is 0 Å². The van der Waals surface area contributed by atoms with Crippen molar-refractivity contribution in [2.45, 2.75) is 0 Å². The third kappa shape index (κ3) is 2.06. The number of carboxylic acid groups (broad SMARTS) is 3. The van der Waals surface area contributed by atoms with Crippen LogP contribution in [0.15, 0.2) is 18.5 Å². The standard InChI is InChI=1S/C11H6N2O6/c14-9(15)4-1-6-7(2-5(4)10(16)17)12-3-13-8(6)11(18)19/h1-3H,(H,14,15)(H,16,17)(H,18,19). The molecule has 1 heterocycles. The number of hydrogen-bond acceptors (Lipinski definition) is 5. The maximum absolute atomic E-state index is 11.0. The fourth-order valence-corrected chi connectivity index (χ4v) is 1.63. The summed E-state index contributed by atoms with van der Waals surface area (Å²) >= 11 is 0. The minimum Gasteiger partial charge on any atom is -0.478 e. The molecule has 19 heavy (non-hydrogen) atoms. The smallest absolute Gasteiger partial charge is 0.355 e. The molecule has 0 atom stereocenters. The van der Waals surface area contributed by atoms with Crippen molar-refractivity contribution in [3.05, 3.63) is 35.3 Å². The Balaban J connectivity index is 2.89. The van der Waals surface area contributed by atoms with E-state index in [0.29, 0.717) is 0 Å². The van der Waals surface area contributed by atoms with Crippen molar-refractivity contribution in [2.75, 3.05) is 0 Å². The van der Waals surface area contributed by atoms with Crippen LogP contribution in [0.1, 0.15) is 31.2 Å². The highest BCUT2D eigenvalue weighted by Crippen LogP contribution is 2.21. The van der Waals surface area contributed by atoms with Crippen molar-refractivity contribution >= 4 is 28.8 Å². The molecular formula is C11H6N2O6. The molecule has 96 valence electrons. The Morgan fingerprint density at radius 1 is 0.842 bits per heavy atom. The van der Waals surface area contributed by atoms with Crippen molar-refractivity contribution in [1.29, 1.82) is 0 Å². The zero-order chi connectivity index (χ0) is 14.2. The first-order valence-electron chi connectivity index (χ1n) is 4.90. The van der Waals surface area contributed by atoms with Crippen molar-refractivity contribution in [1.82, 2.24) is 9.97 Å². The Hall–Kier alpha value is -3.03. The van der Waals surface area contributed by atoms with E-state index in [1.165, 1.54) is 0 Å². The molecule has 0 amide bonds. The van der Waals surface area contributed by atoms with Gasteiger partial charge in [-0.2, -0.15) is 0 Å². The van der Waals surface area contributed by atoms with Crippen LogP contribution in [0.25, 0.3) is 10.9 Å². The van der Waals surface area contributed by atoms with Gasteiger partial charge in [-0.05, 0) is 12.1 Å². The number of benzene rings is 1. The summed E-state index contributed by atoms with van der Waals surface area (Å²) in [7, 11) is 0. The lowest BCUT2D eigenvalue weighted by molar-refractivity contribution is 0.0651. The number of fused-ring (bicyclic) bond motifs is 1. The molecule has 0 aliphatic rings. The van der Waals surface area contributed by atoms with Crippen LogP contribution < -0.4 is 0 Å². The van der Waals surface area contributed by atoms with E-state index in [1.54, 1.807) is 0 Å². The molecule has 1 aromatic heterocycles. The summed E-state index contributed by atoms with van der Waals surface area (Å²) in [5.74, 6) is -4.26. The monoisotopic (exact) mass is 262 g/mol. The highest BCUT2D eigenvalue weighted by atomic mass is 16.4. The zero-order valence-electron chi connectivity index (χ0n) is 9.19. The number of rotatable bonds is 3. The predicted octanol–water partition coefficient (Wildman–Crippen LogP) is 0.724. The quantitative estimate of drug-likeness (QED) is 0.735. The normalized spacial score (nSPS) is 10.3. The second-order valence-electron chi connectivity index (χ2n) is 3.55. The Bertz CT molecular complexity index is 724. The van der Waals surface area contributed by atoms with E-state index in [1.807, 2.05) is 0 Å². The lowest BCUT2D eigenvalue weighted by Crippen LogP contribution is -2.10. The molecule has 1 aromatic carbocycles. The van der Waals surface area contributed by atoms with Gasteiger partial charge in [0.1, 0.15) is 6.33 Å². The number of hydrogen-bond donors (Lipinski definition) is 3. The molecule has 0 fully saturated rings. The molecule has 0 unspecified atom stereocenters. The van der Waals surface area contributed by atoms with E-state index in [4.69, 9.17) is 15.3 Å². The first-order valence-corrected chi connectivity index (χ1v) is 4.90. The maximum Gasteiger partial charge on any atom is 0.355 e. The molecule has 0 aliphatic heterocycles. The van der Waals surface area contributed by atoms with Crippen LogP contribution in [-0.4, -0.2) is 43.2 Å². The van der Waals surface area contributed by atoms with Gasteiger partial charge in [0.2, 0.25) is 0 Å². The largest absolute Gasteiger partial charge is 0.478 e. The summed E-state index contributed by atoms with van der Waals surface area (Å²) in [6.45, 7) is 0. The Morgan fingerprint density at radius 3 is 1.95 bits per heavy atom. The van der Waals surface area contributed by atoms with Crippen LogP contribution >= 0.6 is 0 Å². The van der Waals surface area contributed by atoms with Gasteiger partial charge in [0.15, 0.2) is 5.69 Å². The molecular weight excluding hydrogens is 256 g/mol. The van der Waals surface area contributed by atoms with E-state index >= 15 is 0 Å². The molecule has 0 saturated carbocycles. The minimum atomic E-state index is -1.47. The zero-order valence-corrected chi connectivity index (χ0v) is 9.19. The Morgan fingerprint density at radius 2 is 1.42 bits per heavy atom. The summed E-state index contributed by atoms with van der Waals surface area (Å²) in [5, 5.41) is 26.8. The van der Waals surface area contributed by atoms with E-state index in [9.17, 15) is 14.4 Å². The van der Waals surface area contributed by atoms with Gasteiger partial charge in [0.25, 0.3) is 0 Å². The van der Waals surface area contributed by atoms with E-state index in [-0.39, 0.29) is 16.6 Å². The van der Waals surface area contributed by atoms with E-state index in [0.717, 1.165) is 18.5 Å². The molecule has 0 saturated heterocycles. The van der Waals surface area contributed by atoms with Gasteiger partial charge >= 0.3 is 17.9 Å². The minimum absolute atomic E-state index is 0.0302. The van der Waals surface area contributed by atoms with Crippen molar-refractivity contribution < 1.29 is 29.7 Å².